The zero-order valence-corrected chi connectivity index (χ0v) is 18.4. The van der Waals surface area contributed by atoms with Crippen LogP contribution in [0, 0.1) is 0 Å². The topological polar surface area (TPSA) is 112 Å². The third-order valence-electron chi connectivity index (χ3n) is 5.72. The first-order chi connectivity index (χ1) is 15.6. The maximum atomic E-state index is 11.5. The van der Waals surface area contributed by atoms with Crippen LogP contribution in [0.15, 0.2) is 37.1 Å². The van der Waals surface area contributed by atoms with E-state index in [1.165, 1.54) is 6.33 Å². The molecule has 1 aromatic carbocycles. The van der Waals surface area contributed by atoms with E-state index in [1.807, 2.05) is 18.2 Å². The van der Waals surface area contributed by atoms with Crippen molar-refractivity contribution in [2.75, 3.05) is 29.9 Å². The van der Waals surface area contributed by atoms with Crippen LogP contribution in [0.5, 0.6) is 0 Å². The molecule has 0 saturated carbocycles. The number of amides is 1. The van der Waals surface area contributed by atoms with Gasteiger partial charge in [0.25, 0.3) is 0 Å². The van der Waals surface area contributed by atoms with E-state index in [2.05, 4.69) is 40.5 Å². The molecule has 4 aromatic rings. The lowest BCUT2D eigenvalue weighted by Gasteiger charge is -2.24. The van der Waals surface area contributed by atoms with E-state index < -0.39 is 0 Å². The lowest BCUT2D eigenvalue weighted by Crippen LogP contribution is -2.35. The number of pyridine rings is 1. The number of nitrogens with zero attached hydrogens (tertiary/aromatic N) is 5. The number of halogens is 1. The molecule has 3 N–H and O–H groups in total. The van der Waals surface area contributed by atoms with Crippen LogP contribution in [0.4, 0.5) is 11.5 Å². The summed E-state index contributed by atoms with van der Waals surface area (Å²) in [6.45, 7) is 3.80. The number of rotatable bonds is 6. The quantitative estimate of drug-likeness (QED) is 0.414. The van der Waals surface area contributed by atoms with Gasteiger partial charge in [0.1, 0.15) is 11.8 Å². The van der Waals surface area contributed by atoms with Gasteiger partial charge in [-0.15, -0.1) is 0 Å². The standard InChI is InChI=1S/C22H23ClN8O/c1-13(32)30-15-5-8-31(10-15)20-14(9-17(23)16-3-2-6-24-18(16)20)4-7-25-21-19-22(27-11-26-19)29-12-28-21/h2-3,6,9,11-12,15H,4-5,7-8,10H2,1H3,(H,30,32)(H2,25,26,27,28,29). The van der Waals surface area contributed by atoms with Crippen molar-refractivity contribution in [1.29, 1.82) is 0 Å². The molecular weight excluding hydrogens is 428 g/mol. The van der Waals surface area contributed by atoms with Gasteiger partial charge in [0.05, 0.1) is 22.6 Å². The predicted octanol–water partition coefficient (Wildman–Crippen LogP) is 2.92. The van der Waals surface area contributed by atoms with Crippen LogP contribution in [0.2, 0.25) is 5.02 Å². The summed E-state index contributed by atoms with van der Waals surface area (Å²) in [5, 5.41) is 8.03. The largest absolute Gasteiger partial charge is 0.368 e. The number of carbonyl (C=O) groups is 1. The van der Waals surface area contributed by atoms with Crippen LogP contribution < -0.4 is 15.5 Å². The Balaban J connectivity index is 1.44. The number of aromatic nitrogens is 5. The van der Waals surface area contributed by atoms with Gasteiger partial charge in [-0.25, -0.2) is 15.0 Å². The van der Waals surface area contributed by atoms with Crippen LogP contribution in [0.25, 0.3) is 22.1 Å². The van der Waals surface area contributed by atoms with Crippen LogP contribution in [-0.2, 0) is 11.2 Å². The Kier molecular flexibility index (Phi) is 5.48. The lowest BCUT2D eigenvalue weighted by molar-refractivity contribution is -0.119. The van der Waals surface area contributed by atoms with Gasteiger partial charge in [-0.1, -0.05) is 11.6 Å². The number of carbonyl (C=O) groups excluding carboxylic acids is 1. The molecule has 3 aromatic heterocycles. The first-order valence-electron chi connectivity index (χ1n) is 10.6. The summed E-state index contributed by atoms with van der Waals surface area (Å²) in [7, 11) is 0. The molecule has 1 fully saturated rings. The zero-order chi connectivity index (χ0) is 22.1. The molecule has 1 amide bonds. The summed E-state index contributed by atoms with van der Waals surface area (Å²) >= 11 is 6.63. The summed E-state index contributed by atoms with van der Waals surface area (Å²) in [5.41, 5.74) is 4.48. The highest BCUT2D eigenvalue weighted by Gasteiger charge is 2.27. The fourth-order valence-electron chi connectivity index (χ4n) is 4.36. The monoisotopic (exact) mass is 450 g/mol. The maximum absolute atomic E-state index is 11.5. The summed E-state index contributed by atoms with van der Waals surface area (Å²) in [6, 6.07) is 6.05. The number of hydrogen-bond acceptors (Lipinski definition) is 7. The van der Waals surface area contributed by atoms with Crippen molar-refractivity contribution in [3.63, 3.8) is 0 Å². The molecule has 1 saturated heterocycles. The molecule has 5 rings (SSSR count). The average molecular weight is 451 g/mol. The molecule has 0 spiro atoms. The minimum atomic E-state index is -0.00432. The minimum absolute atomic E-state index is 0.00432. The van der Waals surface area contributed by atoms with E-state index in [9.17, 15) is 4.79 Å². The van der Waals surface area contributed by atoms with Crippen LogP contribution in [0.3, 0.4) is 0 Å². The van der Waals surface area contributed by atoms with Gasteiger partial charge >= 0.3 is 0 Å². The number of hydrogen-bond donors (Lipinski definition) is 3. The lowest BCUT2D eigenvalue weighted by atomic mass is 10.0. The zero-order valence-electron chi connectivity index (χ0n) is 17.6. The average Bonchev–Trinajstić information content (AvgIpc) is 3.43. The Morgan fingerprint density at radius 2 is 2.22 bits per heavy atom. The molecule has 1 aliphatic heterocycles. The minimum Gasteiger partial charge on any atom is -0.368 e. The van der Waals surface area contributed by atoms with Crippen molar-refractivity contribution < 1.29 is 4.79 Å². The highest BCUT2D eigenvalue weighted by Crippen LogP contribution is 2.36. The van der Waals surface area contributed by atoms with Crippen LogP contribution >= 0.6 is 11.6 Å². The van der Waals surface area contributed by atoms with Gasteiger partial charge in [-0.05, 0) is 36.6 Å². The van der Waals surface area contributed by atoms with E-state index >= 15 is 0 Å². The number of H-pyrrole nitrogens is 1. The number of nitrogens with one attached hydrogen (secondary N) is 3. The highest BCUT2D eigenvalue weighted by molar-refractivity contribution is 6.36. The van der Waals surface area contributed by atoms with Crippen molar-refractivity contribution in [2.24, 2.45) is 0 Å². The Morgan fingerprint density at radius 3 is 3.09 bits per heavy atom. The second kappa shape index (κ2) is 8.58. The second-order valence-electron chi connectivity index (χ2n) is 7.90. The molecular formula is C22H23ClN8O. The van der Waals surface area contributed by atoms with Crippen molar-refractivity contribution >= 4 is 51.1 Å². The summed E-state index contributed by atoms with van der Waals surface area (Å²) in [5.74, 6) is 0.710. The van der Waals surface area contributed by atoms with E-state index in [0.717, 1.165) is 53.6 Å². The molecule has 0 bridgehead atoms. The van der Waals surface area contributed by atoms with Crippen molar-refractivity contribution in [3.05, 3.63) is 47.6 Å². The first-order valence-corrected chi connectivity index (χ1v) is 10.9. The molecule has 164 valence electrons. The van der Waals surface area contributed by atoms with E-state index in [4.69, 9.17) is 11.6 Å². The Bertz CT molecular complexity index is 1290. The number of anilines is 2. The molecule has 1 atom stereocenters. The van der Waals surface area contributed by atoms with Crippen molar-refractivity contribution in [3.8, 4) is 0 Å². The molecule has 32 heavy (non-hydrogen) atoms. The third kappa shape index (κ3) is 3.91. The highest BCUT2D eigenvalue weighted by atomic mass is 35.5. The molecule has 4 heterocycles. The van der Waals surface area contributed by atoms with Gasteiger partial charge in [-0.2, -0.15) is 0 Å². The summed E-state index contributed by atoms with van der Waals surface area (Å²) < 4.78 is 0. The summed E-state index contributed by atoms with van der Waals surface area (Å²) in [4.78, 5) is 34.2. The van der Waals surface area contributed by atoms with Gasteiger partial charge in [-0.3, -0.25) is 9.78 Å². The van der Waals surface area contributed by atoms with Gasteiger partial charge in [0.2, 0.25) is 5.91 Å². The number of aromatic amines is 1. The van der Waals surface area contributed by atoms with Crippen molar-refractivity contribution in [1.82, 2.24) is 30.2 Å². The molecule has 1 aliphatic rings. The Morgan fingerprint density at radius 1 is 1.31 bits per heavy atom. The molecule has 10 heteroatoms. The van der Waals surface area contributed by atoms with Gasteiger partial charge < -0.3 is 20.5 Å². The van der Waals surface area contributed by atoms with Gasteiger partial charge in [0, 0.05) is 44.2 Å². The van der Waals surface area contributed by atoms with Crippen LogP contribution in [0.1, 0.15) is 18.9 Å². The molecule has 0 radical (unpaired) electrons. The van der Waals surface area contributed by atoms with E-state index in [0.29, 0.717) is 23.0 Å². The Hall–Kier alpha value is -3.46. The van der Waals surface area contributed by atoms with E-state index in [1.54, 1.807) is 19.4 Å². The van der Waals surface area contributed by atoms with E-state index in [-0.39, 0.29) is 11.9 Å². The molecule has 1 unspecified atom stereocenters. The normalized spacial score (nSPS) is 16.1. The maximum Gasteiger partial charge on any atom is 0.217 e. The number of imidazole rings is 1. The predicted molar refractivity (Wildman–Crippen MR) is 125 cm³/mol. The summed E-state index contributed by atoms with van der Waals surface area (Å²) in [6.07, 6.45) is 6.52. The fourth-order valence-corrected chi connectivity index (χ4v) is 4.65. The third-order valence-corrected chi connectivity index (χ3v) is 6.03. The molecule has 0 aliphatic carbocycles. The first kappa shape index (κ1) is 20.4. The smallest absolute Gasteiger partial charge is 0.217 e. The fraction of sp³-hybridized carbons (Fsp3) is 0.318. The number of benzene rings is 1. The Labute approximate surface area is 189 Å². The SMILES string of the molecule is CC(=O)NC1CCN(c2c(CCNc3ncnc4nc[nH]c34)cc(Cl)c3cccnc23)C1. The molecule has 9 nitrogen and oxygen atoms in total. The van der Waals surface area contributed by atoms with Gasteiger partial charge in [0.15, 0.2) is 11.5 Å². The second-order valence-corrected chi connectivity index (χ2v) is 8.31. The number of fused-ring (bicyclic) bond motifs is 2. The van der Waals surface area contributed by atoms with Crippen molar-refractivity contribution in [2.45, 2.75) is 25.8 Å². The van der Waals surface area contributed by atoms with Crippen LogP contribution in [-0.4, -0.2) is 56.5 Å².